The molecule has 0 aliphatic carbocycles. The van der Waals surface area contributed by atoms with Crippen molar-refractivity contribution in [3.05, 3.63) is 35.9 Å². The highest BCUT2D eigenvalue weighted by Gasteiger charge is 2.43. The Morgan fingerprint density at radius 1 is 0.906 bits per heavy atom. The molecule has 1 aromatic carbocycles. The van der Waals surface area contributed by atoms with E-state index in [1.165, 1.54) is 14.2 Å². The van der Waals surface area contributed by atoms with Crippen LogP contribution in [0.5, 0.6) is 0 Å². The Morgan fingerprint density at radius 3 is 2.02 bits per heavy atom. The second-order valence-electron chi connectivity index (χ2n) is 15.6. The Labute approximate surface area is 317 Å². The van der Waals surface area contributed by atoms with Crippen LogP contribution in [-0.2, 0) is 39.9 Å². The molecular weight excluding hydrogens is 678 g/mol. The van der Waals surface area contributed by atoms with Crippen LogP contribution in [0, 0.1) is 23.7 Å². The first kappa shape index (κ1) is 45.6. The summed E-state index contributed by atoms with van der Waals surface area (Å²) in [6.07, 6.45) is 0.820. The van der Waals surface area contributed by atoms with Crippen LogP contribution in [0.2, 0.25) is 0 Å². The van der Waals surface area contributed by atoms with Crippen molar-refractivity contribution in [1.29, 1.82) is 0 Å². The lowest BCUT2D eigenvalue weighted by Crippen LogP contribution is -2.59. The number of carbonyl (C=O) groups is 5. The molecule has 2 rings (SSSR count). The van der Waals surface area contributed by atoms with Crippen LogP contribution in [0.4, 0.5) is 0 Å². The van der Waals surface area contributed by atoms with Crippen LogP contribution >= 0.6 is 0 Å². The van der Waals surface area contributed by atoms with Crippen LogP contribution < -0.4 is 10.6 Å². The SMILES string of the molecule is CC[C@H](C)[C@@H]([C@@H](CC(=O)N1CCCC1[C@H](OC)[C@@H](C)C(=O)NC(Cc1ccccc1)C(=O)O)OC)N(C)C(=O)C(NC(=O)C(C(C)C)N(C)C)C(C)C. The van der Waals surface area contributed by atoms with Gasteiger partial charge in [-0.3, -0.25) is 24.1 Å². The monoisotopic (exact) mass is 745 g/mol. The van der Waals surface area contributed by atoms with Crippen LogP contribution in [0.1, 0.15) is 79.7 Å². The minimum atomic E-state index is -1.14. The lowest BCUT2D eigenvalue weighted by atomic mass is 9.89. The van der Waals surface area contributed by atoms with E-state index < -0.39 is 60.2 Å². The number of nitrogens with zero attached hydrogens (tertiary/aromatic N) is 3. The molecule has 9 atom stereocenters. The normalized spacial score (nSPS) is 19.2. The third-order valence-corrected chi connectivity index (χ3v) is 10.8. The number of rotatable bonds is 21. The summed E-state index contributed by atoms with van der Waals surface area (Å²) in [5.41, 5.74) is 0.785. The molecule has 0 spiro atoms. The molecule has 1 saturated heterocycles. The fraction of sp³-hybridized carbons (Fsp3) is 0.725. The molecule has 1 aliphatic rings. The number of carboxylic acid groups (broad SMARTS) is 1. The van der Waals surface area contributed by atoms with Gasteiger partial charge in [0.1, 0.15) is 12.1 Å². The second kappa shape index (κ2) is 21.4. The van der Waals surface area contributed by atoms with E-state index in [0.717, 1.165) is 12.0 Å². The van der Waals surface area contributed by atoms with Crippen molar-refractivity contribution in [3.63, 3.8) is 0 Å². The average molecular weight is 746 g/mol. The van der Waals surface area contributed by atoms with Gasteiger partial charge in [-0.1, -0.05) is 85.2 Å². The molecule has 1 aromatic rings. The predicted octanol–water partition coefficient (Wildman–Crippen LogP) is 3.45. The molecule has 1 heterocycles. The smallest absolute Gasteiger partial charge is 0.326 e. The molecule has 13 heteroatoms. The summed E-state index contributed by atoms with van der Waals surface area (Å²) in [4.78, 5) is 72.5. The number of carbonyl (C=O) groups excluding carboxylic acids is 4. The van der Waals surface area contributed by atoms with Gasteiger partial charge in [-0.25, -0.2) is 4.79 Å². The number of nitrogens with one attached hydrogen (secondary N) is 2. The number of carboxylic acids is 1. The summed E-state index contributed by atoms with van der Waals surface area (Å²) >= 11 is 0. The quantitative estimate of drug-likeness (QED) is 0.172. The zero-order valence-corrected chi connectivity index (χ0v) is 34.1. The Morgan fingerprint density at radius 2 is 1.53 bits per heavy atom. The Bertz CT molecular complexity index is 1330. The maximum Gasteiger partial charge on any atom is 0.326 e. The van der Waals surface area contributed by atoms with E-state index in [9.17, 15) is 29.1 Å². The zero-order chi connectivity index (χ0) is 40.2. The summed E-state index contributed by atoms with van der Waals surface area (Å²) in [6, 6.07) is 5.89. The number of benzene rings is 1. The number of methoxy groups -OCH3 is 2. The van der Waals surface area contributed by atoms with Crippen molar-refractivity contribution in [2.75, 3.05) is 41.9 Å². The number of aliphatic carboxylic acids is 1. The standard InChI is InChI=1S/C40H67N5O8/c1-13-26(6)35(44(10)39(49)33(24(2)3)42-38(48)34(25(4)5)43(8)9)31(52-11)23-32(46)45-21-17-20-30(45)36(53-12)27(7)37(47)41-29(40(50)51)22-28-18-15-14-16-19-28/h14-16,18-19,24-27,29-31,33-36H,13,17,20-23H2,1-12H3,(H,41,47)(H,42,48)(H,50,51)/t26-,27+,29?,30?,31+,33?,34?,35-,36+/m0/s1. The van der Waals surface area contributed by atoms with Crippen molar-refractivity contribution < 1.29 is 38.6 Å². The summed E-state index contributed by atoms with van der Waals surface area (Å²) < 4.78 is 11.9. The van der Waals surface area contributed by atoms with Gasteiger partial charge in [0.05, 0.1) is 42.7 Å². The molecule has 4 unspecified atom stereocenters. The van der Waals surface area contributed by atoms with E-state index in [-0.39, 0.29) is 48.3 Å². The van der Waals surface area contributed by atoms with Crippen LogP contribution in [-0.4, -0.2) is 134 Å². The van der Waals surface area contributed by atoms with E-state index in [0.29, 0.717) is 19.4 Å². The van der Waals surface area contributed by atoms with Gasteiger partial charge in [-0.05, 0) is 50.3 Å². The Balaban J connectivity index is 2.27. The summed E-state index contributed by atoms with van der Waals surface area (Å²) in [5, 5.41) is 15.6. The first-order valence-corrected chi connectivity index (χ1v) is 19.1. The molecule has 3 N–H and O–H groups in total. The van der Waals surface area contributed by atoms with E-state index >= 15 is 0 Å². The van der Waals surface area contributed by atoms with E-state index in [4.69, 9.17) is 9.47 Å². The number of amides is 4. The molecule has 0 bridgehead atoms. The molecule has 13 nitrogen and oxygen atoms in total. The zero-order valence-electron chi connectivity index (χ0n) is 34.1. The van der Waals surface area contributed by atoms with E-state index in [2.05, 4.69) is 10.6 Å². The number of hydrogen-bond donors (Lipinski definition) is 3. The van der Waals surface area contributed by atoms with Gasteiger partial charge < -0.3 is 35.0 Å². The molecule has 0 radical (unpaired) electrons. The highest BCUT2D eigenvalue weighted by Crippen LogP contribution is 2.30. The van der Waals surface area contributed by atoms with Crippen molar-refractivity contribution in [2.45, 2.75) is 123 Å². The van der Waals surface area contributed by atoms with Gasteiger partial charge in [0.25, 0.3) is 0 Å². The first-order chi connectivity index (χ1) is 24.9. The summed E-state index contributed by atoms with van der Waals surface area (Å²) in [5.74, 6) is -3.21. The highest BCUT2D eigenvalue weighted by atomic mass is 16.5. The van der Waals surface area contributed by atoms with Gasteiger partial charge >= 0.3 is 5.97 Å². The van der Waals surface area contributed by atoms with E-state index in [1.807, 2.05) is 90.9 Å². The van der Waals surface area contributed by atoms with Gasteiger partial charge in [-0.15, -0.1) is 0 Å². The minimum Gasteiger partial charge on any atom is -0.480 e. The van der Waals surface area contributed by atoms with Crippen molar-refractivity contribution >= 4 is 29.6 Å². The average Bonchev–Trinajstić information content (AvgIpc) is 3.59. The lowest BCUT2D eigenvalue weighted by Gasteiger charge is -2.41. The maximum absolute atomic E-state index is 14.2. The fourth-order valence-corrected chi connectivity index (χ4v) is 7.76. The van der Waals surface area contributed by atoms with Crippen molar-refractivity contribution in [1.82, 2.24) is 25.3 Å². The second-order valence-corrected chi connectivity index (χ2v) is 15.6. The number of likely N-dealkylation sites (N-methyl/N-ethyl adjacent to an activating group) is 2. The number of ether oxygens (including phenoxy) is 2. The topological polar surface area (TPSA) is 158 Å². The predicted molar refractivity (Wildman–Crippen MR) is 205 cm³/mol. The van der Waals surface area contributed by atoms with E-state index in [1.54, 1.807) is 23.8 Å². The molecule has 53 heavy (non-hydrogen) atoms. The fourth-order valence-electron chi connectivity index (χ4n) is 7.76. The molecule has 300 valence electrons. The van der Waals surface area contributed by atoms with Gasteiger partial charge in [0.2, 0.25) is 23.6 Å². The third-order valence-electron chi connectivity index (χ3n) is 10.8. The molecule has 1 aliphatic heterocycles. The number of likely N-dealkylation sites (tertiary alicyclic amines) is 1. The minimum absolute atomic E-state index is 0.0104. The van der Waals surface area contributed by atoms with Crippen LogP contribution in [0.15, 0.2) is 30.3 Å². The summed E-state index contributed by atoms with van der Waals surface area (Å²) in [6.45, 7) is 13.9. The largest absolute Gasteiger partial charge is 0.480 e. The van der Waals surface area contributed by atoms with Crippen LogP contribution in [0.25, 0.3) is 0 Å². The van der Waals surface area contributed by atoms with Crippen LogP contribution in [0.3, 0.4) is 0 Å². The first-order valence-electron chi connectivity index (χ1n) is 19.1. The summed E-state index contributed by atoms with van der Waals surface area (Å²) in [7, 11) is 8.44. The third kappa shape index (κ3) is 12.2. The molecule has 0 saturated carbocycles. The molecule has 1 fully saturated rings. The maximum atomic E-state index is 14.2. The molecular formula is C40H67N5O8. The lowest BCUT2D eigenvalue weighted by molar-refractivity contribution is -0.148. The molecule has 4 amide bonds. The Hall–Kier alpha value is -3.55. The van der Waals surface area contributed by atoms with Gasteiger partial charge in [0.15, 0.2) is 0 Å². The number of hydrogen-bond acceptors (Lipinski definition) is 8. The van der Waals surface area contributed by atoms with Gasteiger partial charge in [0, 0.05) is 34.2 Å². The molecule has 0 aromatic heterocycles. The van der Waals surface area contributed by atoms with Crippen molar-refractivity contribution in [3.8, 4) is 0 Å². The van der Waals surface area contributed by atoms with Crippen molar-refractivity contribution in [2.24, 2.45) is 23.7 Å². The highest BCUT2D eigenvalue weighted by molar-refractivity contribution is 5.90. The van der Waals surface area contributed by atoms with Gasteiger partial charge in [-0.2, -0.15) is 0 Å². The Kier molecular flexibility index (Phi) is 18.4.